The van der Waals surface area contributed by atoms with Gasteiger partial charge < -0.3 is 9.47 Å². The Balaban J connectivity index is 2.63. The molecule has 0 aliphatic rings. The van der Waals surface area contributed by atoms with Gasteiger partial charge in [0.2, 0.25) is 0 Å². The molecule has 0 fully saturated rings. The second-order valence-corrected chi connectivity index (χ2v) is 3.42. The maximum absolute atomic E-state index is 11.6. The first-order valence-electron chi connectivity index (χ1n) is 5.07. The summed E-state index contributed by atoms with van der Waals surface area (Å²) in [5.41, 5.74) is -0.691. The maximum atomic E-state index is 11.6. The zero-order valence-corrected chi connectivity index (χ0v) is 9.81. The average Bonchev–Trinajstić information content (AvgIpc) is 2.38. The molecule has 94 valence electrons. The third-order valence-corrected chi connectivity index (χ3v) is 2.38. The van der Waals surface area contributed by atoms with Crippen molar-refractivity contribution in [1.82, 2.24) is 15.2 Å². The molecule has 18 heavy (non-hydrogen) atoms. The predicted octanol–water partition coefficient (Wildman–Crippen LogP) is 0.142. The summed E-state index contributed by atoms with van der Waals surface area (Å²) in [5.74, 6) is 1.02. The van der Waals surface area contributed by atoms with Gasteiger partial charge in [-0.25, -0.2) is 9.89 Å². The van der Waals surface area contributed by atoms with Gasteiger partial charge in [0, 0.05) is 11.6 Å². The first kappa shape index (κ1) is 11.9. The Kier molecular flexibility index (Phi) is 3.13. The van der Waals surface area contributed by atoms with Crippen LogP contribution in [0.2, 0.25) is 0 Å². The highest BCUT2D eigenvalue weighted by atomic mass is 16.5. The number of rotatable bonds is 3. The van der Waals surface area contributed by atoms with Gasteiger partial charge >= 0.3 is 5.69 Å². The fraction of sp³-hybridized carbons (Fsp3) is 0.182. The first-order valence-corrected chi connectivity index (χ1v) is 5.07. The molecule has 7 nitrogen and oxygen atoms in total. The smallest absolute Gasteiger partial charge is 0.342 e. The number of hydrogen-bond donors (Lipinski definition) is 2. The molecule has 0 atom stereocenters. The number of hydrogen-bond acceptors (Lipinski definition) is 5. The summed E-state index contributed by atoms with van der Waals surface area (Å²) in [4.78, 5) is 24.6. The van der Waals surface area contributed by atoms with Crippen LogP contribution in [0.3, 0.4) is 0 Å². The van der Waals surface area contributed by atoms with E-state index in [1.54, 1.807) is 18.2 Å². The van der Waals surface area contributed by atoms with E-state index < -0.39 is 11.2 Å². The van der Waals surface area contributed by atoms with E-state index in [4.69, 9.17) is 9.47 Å². The van der Waals surface area contributed by atoms with Crippen molar-refractivity contribution < 1.29 is 9.47 Å². The lowest BCUT2D eigenvalue weighted by Crippen LogP contribution is -2.25. The molecule has 0 bridgehead atoms. The van der Waals surface area contributed by atoms with Crippen molar-refractivity contribution in [2.24, 2.45) is 0 Å². The normalized spacial score (nSPS) is 10.1. The second-order valence-electron chi connectivity index (χ2n) is 3.42. The van der Waals surface area contributed by atoms with E-state index in [2.05, 4.69) is 15.2 Å². The number of benzene rings is 1. The molecule has 2 rings (SSSR count). The van der Waals surface area contributed by atoms with Gasteiger partial charge in [-0.15, -0.1) is 0 Å². The first-order chi connectivity index (χ1) is 8.65. The third-order valence-electron chi connectivity index (χ3n) is 2.38. The van der Waals surface area contributed by atoms with E-state index in [1.807, 2.05) is 0 Å². The molecule has 0 spiro atoms. The predicted molar refractivity (Wildman–Crippen MR) is 64.0 cm³/mol. The molecule has 0 aliphatic carbocycles. The standard InChI is InChI=1S/C11H11N3O4/c1-17-6-3-4-7(8(5-6)18-2)9-10(15)12-11(16)14-13-9/h3-5H,1-2H3,(H2,12,14,15,16). The SMILES string of the molecule is COc1ccc(-c2n[nH]c(=O)[nH]c2=O)c(OC)c1. The zero-order valence-electron chi connectivity index (χ0n) is 9.81. The van der Waals surface area contributed by atoms with Gasteiger partial charge in [-0.3, -0.25) is 9.78 Å². The summed E-state index contributed by atoms with van der Waals surface area (Å²) < 4.78 is 10.2. The van der Waals surface area contributed by atoms with Gasteiger partial charge in [0.1, 0.15) is 11.5 Å². The Labute approximate surface area is 101 Å². The minimum Gasteiger partial charge on any atom is -0.497 e. The van der Waals surface area contributed by atoms with E-state index in [9.17, 15) is 9.59 Å². The molecule has 0 saturated heterocycles. The number of H-pyrrole nitrogens is 2. The maximum Gasteiger partial charge on any atom is 0.342 e. The molecule has 1 aromatic heterocycles. The van der Waals surface area contributed by atoms with Gasteiger partial charge in [0.15, 0.2) is 5.69 Å². The Morgan fingerprint density at radius 3 is 2.56 bits per heavy atom. The lowest BCUT2D eigenvalue weighted by atomic mass is 10.1. The monoisotopic (exact) mass is 249 g/mol. The summed E-state index contributed by atoms with van der Waals surface area (Å²) in [6.45, 7) is 0. The van der Waals surface area contributed by atoms with Crippen LogP contribution in [0, 0.1) is 0 Å². The molecule has 7 heteroatoms. The van der Waals surface area contributed by atoms with Crippen molar-refractivity contribution in [1.29, 1.82) is 0 Å². The van der Waals surface area contributed by atoms with Gasteiger partial charge in [-0.2, -0.15) is 5.10 Å². The summed E-state index contributed by atoms with van der Waals surface area (Å²) in [7, 11) is 3.00. The Hall–Kier alpha value is -2.57. The topological polar surface area (TPSA) is 97.1 Å². The molecular formula is C11H11N3O4. The van der Waals surface area contributed by atoms with Crippen LogP contribution in [-0.4, -0.2) is 29.4 Å². The second kappa shape index (κ2) is 4.74. The van der Waals surface area contributed by atoms with Crippen molar-refractivity contribution >= 4 is 0 Å². The van der Waals surface area contributed by atoms with E-state index in [0.29, 0.717) is 17.1 Å². The van der Waals surface area contributed by atoms with Crippen LogP contribution in [0.15, 0.2) is 27.8 Å². The van der Waals surface area contributed by atoms with Crippen LogP contribution in [-0.2, 0) is 0 Å². The lowest BCUT2D eigenvalue weighted by Gasteiger charge is -2.08. The highest BCUT2D eigenvalue weighted by Gasteiger charge is 2.12. The fourth-order valence-corrected chi connectivity index (χ4v) is 1.52. The van der Waals surface area contributed by atoms with E-state index >= 15 is 0 Å². The van der Waals surface area contributed by atoms with Crippen molar-refractivity contribution in [3.63, 3.8) is 0 Å². The van der Waals surface area contributed by atoms with Crippen molar-refractivity contribution in [3.05, 3.63) is 39.0 Å². The molecule has 2 aromatic rings. The number of nitrogens with one attached hydrogen (secondary N) is 2. The Morgan fingerprint density at radius 2 is 1.94 bits per heavy atom. The van der Waals surface area contributed by atoms with Crippen LogP contribution in [0.5, 0.6) is 11.5 Å². The van der Waals surface area contributed by atoms with Crippen molar-refractivity contribution in [2.45, 2.75) is 0 Å². The summed E-state index contributed by atoms with van der Waals surface area (Å²) in [5, 5.41) is 5.88. The van der Waals surface area contributed by atoms with Gasteiger partial charge in [-0.1, -0.05) is 0 Å². The highest BCUT2D eigenvalue weighted by Crippen LogP contribution is 2.29. The third kappa shape index (κ3) is 2.10. The van der Waals surface area contributed by atoms with Gasteiger partial charge in [0.05, 0.1) is 14.2 Å². The number of methoxy groups -OCH3 is 2. The fourth-order valence-electron chi connectivity index (χ4n) is 1.52. The number of aromatic amines is 2. The largest absolute Gasteiger partial charge is 0.497 e. The molecule has 0 saturated carbocycles. The summed E-state index contributed by atoms with van der Waals surface area (Å²) in [6, 6.07) is 4.93. The number of nitrogens with zero attached hydrogens (tertiary/aromatic N) is 1. The van der Waals surface area contributed by atoms with Crippen LogP contribution >= 0.6 is 0 Å². The number of ether oxygens (including phenoxy) is 2. The molecule has 0 amide bonds. The van der Waals surface area contributed by atoms with Crippen LogP contribution < -0.4 is 20.7 Å². The minimum absolute atomic E-state index is 0.0779. The molecule has 2 N–H and O–H groups in total. The van der Waals surface area contributed by atoms with Crippen LogP contribution in [0.4, 0.5) is 0 Å². The molecule has 1 heterocycles. The molecule has 1 aromatic carbocycles. The molecule has 0 radical (unpaired) electrons. The summed E-state index contributed by atoms with van der Waals surface area (Å²) in [6.07, 6.45) is 0. The molecular weight excluding hydrogens is 238 g/mol. The van der Waals surface area contributed by atoms with Crippen LogP contribution in [0.1, 0.15) is 0 Å². The number of aromatic nitrogens is 3. The molecule has 0 unspecified atom stereocenters. The van der Waals surface area contributed by atoms with Crippen LogP contribution in [0.25, 0.3) is 11.3 Å². The average molecular weight is 249 g/mol. The zero-order chi connectivity index (χ0) is 13.1. The minimum atomic E-state index is -0.656. The molecule has 0 aliphatic heterocycles. The lowest BCUT2D eigenvalue weighted by molar-refractivity contribution is 0.395. The van der Waals surface area contributed by atoms with E-state index in [1.165, 1.54) is 14.2 Å². The van der Waals surface area contributed by atoms with E-state index in [-0.39, 0.29) is 5.69 Å². The summed E-state index contributed by atoms with van der Waals surface area (Å²) >= 11 is 0. The quantitative estimate of drug-likeness (QED) is 0.806. The van der Waals surface area contributed by atoms with Crippen molar-refractivity contribution in [3.8, 4) is 22.8 Å². The van der Waals surface area contributed by atoms with Crippen molar-refractivity contribution in [2.75, 3.05) is 14.2 Å². The van der Waals surface area contributed by atoms with E-state index in [0.717, 1.165) is 0 Å². The Morgan fingerprint density at radius 1 is 1.17 bits per heavy atom. The van der Waals surface area contributed by atoms with Gasteiger partial charge in [0.25, 0.3) is 5.56 Å². The highest BCUT2D eigenvalue weighted by molar-refractivity contribution is 5.67. The Bertz CT molecular complexity index is 674. The van der Waals surface area contributed by atoms with Gasteiger partial charge in [-0.05, 0) is 12.1 Å².